The Hall–Kier alpha value is -2.17. The van der Waals surface area contributed by atoms with Crippen LogP contribution in [0.1, 0.15) is 5.56 Å². The second-order valence-corrected chi connectivity index (χ2v) is 3.90. The molecular formula is C14H12F3NO. The molecule has 100 valence electrons. The first-order valence-electron chi connectivity index (χ1n) is 5.62. The largest absolute Gasteiger partial charge is 0.494 e. The van der Waals surface area contributed by atoms with Crippen molar-refractivity contribution in [2.45, 2.75) is 6.54 Å². The van der Waals surface area contributed by atoms with Crippen molar-refractivity contribution in [1.29, 1.82) is 0 Å². The summed E-state index contributed by atoms with van der Waals surface area (Å²) in [6.45, 7) is -0.0652. The Morgan fingerprint density at radius 2 is 1.68 bits per heavy atom. The van der Waals surface area contributed by atoms with Gasteiger partial charge in [-0.1, -0.05) is 6.07 Å². The van der Waals surface area contributed by atoms with Gasteiger partial charge in [-0.15, -0.1) is 0 Å². The van der Waals surface area contributed by atoms with Gasteiger partial charge < -0.3 is 10.1 Å². The van der Waals surface area contributed by atoms with Crippen LogP contribution in [0.4, 0.5) is 18.9 Å². The molecule has 0 heterocycles. The predicted octanol–water partition coefficient (Wildman–Crippen LogP) is 3.72. The van der Waals surface area contributed by atoms with Crippen LogP contribution in [0.25, 0.3) is 0 Å². The summed E-state index contributed by atoms with van der Waals surface area (Å²) in [5, 5.41) is 2.76. The maximum atomic E-state index is 13.4. The third-order valence-corrected chi connectivity index (χ3v) is 2.68. The normalized spacial score (nSPS) is 10.3. The van der Waals surface area contributed by atoms with Gasteiger partial charge in [-0.2, -0.15) is 0 Å². The van der Waals surface area contributed by atoms with E-state index in [0.717, 1.165) is 0 Å². The van der Waals surface area contributed by atoms with Crippen molar-refractivity contribution in [3.05, 3.63) is 59.4 Å². The Kier molecular flexibility index (Phi) is 3.94. The average molecular weight is 267 g/mol. The van der Waals surface area contributed by atoms with Crippen LogP contribution in [0.15, 0.2) is 36.4 Å². The molecule has 0 fully saturated rings. The number of anilines is 1. The van der Waals surface area contributed by atoms with Gasteiger partial charge in [0.15, 0.2) is 11.6 Å². The molecule has 0 aromatic heterocycles. The van der Waals surface area contributed by atoms with E-state index in [1.165, 1.54) is 37.4 Å². The minimum atomic E-state index is -0.638. The summed E-state index contributed by atoms with van der Waals surface area (Å²) >= 11 is 0. The minimum Gasteiger partial charge on any atom is -0.494 e. The first-order valence-corrected chi connectivity index (χ1v) is 5.62. The van der Waals surface area contributed by atoms with Gasteiger partial charge >= 0.3 is 0 Å². The van der Waals surface area contributed by atoms with Crippen molar-refractivity contribution >= 4 is 5.69 Å². The van der Waals surface area contributed by atoms with Gasteiger partial charge in [0.05, 0.1) is 7.11 Å². The molecule has 0 aliphatic carbocycles. The van der Waals surface area contributed by atoms with E-state index in [0.29, 0.717) is 5.69 Å². The molecule has 0 spiro atoms. The molecule has 2 aromatic carbocycles. The highest BCUT2D eigenvalue weighted by molar-refractivity contribution is 5.47. The summed E-state index contributed by atoms with van der Waals surface area (Å²) in [5.41, 5.74) is 0.333. The van der Waals surface area contributed by atoms with Crippen LogP contribution >= 0.6 is 0 Å². The Labute approximate surface area is 108 Å². The second-order valence-electron chi connectivity index (χ2n) is 3.90. The number of hydrogen-bond acceptors (Lipinski definition) is 2. The molecular weight excluding hydrogens is 255 g/mol. The molecule has 5 heteroatoms. The molecule has 0 radical (unpaired) electrons. The Morgan fingerprint density at radius 3 is 2.26 bits per heavy atom. The van der Waals surface area contributed by atoms with Gasteiger partial charge in [0.25, 0.3) is 0 Å². The van der Waals surface area contributed by atoms with Crippen molar-refractivity contribution in [1.82, 2.24) is 0 Å². The van der Waals surface area contributed by atoms with Gasteiger partial charge in [0.1, 0.15) is 11.6 Å². The lowest BCUT2D eigenvalue weighted by Crippen LogP contribution is -2.04. The van der Waals surface area contributed by atoms with Crippen molar-refractivity contribution in [3.8, 4) is 5.75 Å². The molecule has 2 rings (SSSR count). The van der Waals surface area contributed by atoms with Gasteiger partial charge in [0, 0.05) is 23.9 Å². The Morgan fingerprint density at radius 1 is 1.00 bits per heavy atom. The zero-order valence-electron chi connectivity index (χ0n) is 10.2. The minimum absolute atomic E-state index is 0.0652. The SMILES string of the molecule is COc1ccc(NCc2c(F)cccc2F)cc1F. The molecule has 2 nitrogen and oxygen atoms in total. The Balaban J connectivity index is 2.13. The van der Waals surface area contributed by atoms with Crippen molar-refractivity contribution in [2.75, 3.05) is 12.4 Å². The maximum absolute atomic E-state index is 13.4. The van der Waals surface area contributed by atoms with E-state index in [1.807, 2.05) is 0 Å². The summed E-state index contributed by atoms with van der Waals surface area (Å²) in [5.74, 6) is -1.70. The average Bonchev–Trinajstić information content (AvgIpc) is 2.38. The summed E-state index contributed by atoms with van der Waals surface area (Å²) in [6, 6.07) is 7.86. The van der Waals surface area contributed by atoms with E-state index < -0.39 is 17.5 Å². The van der Waals surface area contributed by atoms with Crippen LogP contribution in [-0.2, 0) is 6.54 Å². The van der Waals surface area contributed by atoms with E-state index in [9.17, 15) is 13.2 Å². The van der Waals surface area contributed by atoms with Gasteiger partial charge in [-0.05, 0) is 24.3 Å². The third-order valence-electron chi connectivity index (χ3n) is 2.68. The lowest BCUT2D eigenvalue weighted by Gasteiger charge is -2.09. The van der Waals surface area contributed by atoms with Crippen LogP contribution in [-0.4, -0.2) is 7.11 Å². The van der Waals surface area contributed by atoms with Crippen molar-refractivity contribution < 1.29 is 17.9 Å². The van der Waals surface area contributed by atoms with Gasteiger partial charge in [0.2, 0.25) is 0 Å². The molecule has 0 saturated heterocycles. The summed E-state index contributed by atoms with van der Waals surface area (Å²) in [7, 11) is 1.36. The number of halogens is 3. The number of methoxy groups -OCH3 is 1. The van der Waals surface area contributed by atoms with Gasteiger partial charge in [-0.25, -0.2) is 13.2 Å². The van der Waals surface area contributed by atoms with Crippen molar-refractivity contribution in [3.63, 3.8) is 0 Å². The van der Waals surface area contributed by atoms with E-state index in [4.69, 9.17) is 4.74 Å². The molecule has 0 saturated carbocycles. The highest BCUT2D eigenvalue weighted by Gasteiger charge is 2.08. The molecule has 2 aromatic rings. The smallest absolute Gasteiger partial charge is 0.167 e. The maximum Gasteiger partial charge on any atom is 0.167 e. The molecule has 0 aliphatic rings. The number of benzene rings is 2. The number of hydrogen-bond donors (Lipinski definition) is 1. The first kappa shape index (κ1) is 13.3. The highest BCUT2D eigenvalue weighted by Crippen LogP contribution is 2.21. The Bertz CT molecular complexity index is 567. The molecule has 0 amide bonds. The van der Waals surface area contributed by atoms with E-state index in [-0.39, 0.29) is 17.9 Å². The third kappa shape index (κ3) is 2.99. The monoisotopic (exact) mass is 267 g/mol. The predicted molar refractivity (Wildman–Crippen MR) is 66.6 cm³/mol. The topological polar surface area (TPSA) is 21.3 Å². The molecule has 0 aliphatic heterocycles. The zero-order chi connectivity index (χ0) is 13.8. The van der Waals surface area contributed by atoms with E-state index in [2.05, 4.69) is 5.32 Å². The molecule has 0 atom stereocenters. The number of nitrogens with one attached hydrogen (secondary N) is 1. The molecule has 0 bridgehead atoms. The highest BCUT2D eigenvalue weighted by atomic mass is 19.1. The summed E-state index contributed by atoms with van der Waals surface area (Å²) < 4.78 is 45.0. The second kappa shape index (κ2) is 5.65. The lowest BCUT2D eigenvalue weighted by atomic mass is 10.2. The first-order chi connectivity index (χ1) is 9.11. The summed E-state index contributed by atoms with van der Waals surface area (Å²) in [6.07, 6.45) is 0. The number of rotatable bonds is 4. The van der Waals surface area contributed by atoms with Crippen LogP contribution in [0.5, 0.6) is 5.75 Å². The number of ether oxygens (including phenoxy) is 1. The fourth-order valence-electron chi connectivity index (χ4n) is 1.67. The zero-order valence-corrected chi connectivity index (χ0v) is 10.2. The van der Waals surface area contributed by atoms with E-state index >= 15 is 0 Å². The fraction of sp³-hybridized carbons (Fsp3) is 0.143. The lowest BCUT2D eigenvalue weighted by molar-refractivity contribution is 0.386. The van der Waals surface area contributed by atoms with Crippen molar-refractivity contribution in [2.24, 2.45) is 0 Å². The fourth-order valence-corrected chi connectivity index (χ4v) is 1.67. The molecule has 19 heavy (non-hydrogen) atoms. The van der Waals surface area contributed by atoms with Gasteiger partial charge in [-0.3, -0.25) is 0 Å². The standard InChI is InChI=1S/C14H12F3NO/c1-19-14-6-5-9(7-13(14)17)18-8-10-11(15)3-2-4-12(10)16/h2-7,18H,8H2,1H3. The van der Waals surface area contributed by atoms with Crippen LogP contribution in [0, 0.1) is 17.5 Å². The summed E-state index contributed by atoms with van der Waals surface area (Å²) in [4.78, 5) is 0. The van der Waals surface area contributed by atoms with Crippen LogP contribution in [0.2, 0.25) is 0 Å². The molecule has 0 unspecified atom stereocenters. The van der Waals surface area contributed by atoms with Crippen LogP contribution < -0.4 is 10.1 Å². The van der Waals surface area contributed by atoms with E-state index in [1.54, 1.807) is 6.07 Å². The van der Waals surface area contributed by atoms with Crippen LogP contribution in [0.3, 0.4) is 0 Å². The quantitative estimate of drug-likeness (QED) is 0.911. The molecule has 1 N–H and O–H groups in total.